The van der Waals surface area contributed by atoms with Gasteiger partial charge in [0.05, 0.1) is 18.8 Å². The van der Waals surface area contributed by atoms with E-state index in [-0.39, 0.29) is 56.2 Å². The quantitative estimate of drug-likeness (QED) is 0.0405. The van der Waals surface area contributed by atoms with E-state index >= 15 is 0 Å². The molecule has 0 bridgehead atoms. The van der Waals surface area contributed by atoms with E-state index in [0.29, 0.717) is 45.2 Å². The molecule has 0 radical (unpaired) electrons. The van der Waals surface area contributed by atoms with Crippen LogP contribution in [0.1, 0.15) is 57.8 Å². The van der Waals surface area contributed by atoms with Gasteiger partial charge in [-0.1, -0.05) is 0 Å². The second-order valence-corrected chi connectivity index (χ2v) is 13.4. The number of hydrogen-bond acceptors (Lipinski definition) is 18. The van der Waals surface area contributed by atoms with Gasteiger partial charge in [-0.15, -0.1) is 0 Å². The average Bonchev–Trinajstić information content (AvgIpc) is 3.54. The number of amides is 4. The lowest BCUT2D eigenvalue weighted by atomic mass is 9.95. The summed E-state index contributed by atoms with van der Waals surface area (Å²) >= 11 is 0. The summed E-state index contributed by atoms with van der Waals surface area (Å²) in [5.74, 6) is -2.60. The van der Waals surface area contributed by atoms with E-state index in [2.05, 4.69) is 31.6 Å². The number of rotatable bonds is 24. The van der Waals surface area contributed by atoms with Crippen molar-refractivity contribution >= 4 is 35.7 Å². The van der Waals surface area contributed by atoms with Gasteiger partial charge in [-0.3, -0.25) is 14.4 Å². The fraction of sp³-hybridized carbons (Fsp3) is 0.806. The number of hydrogen-bond donors (Lipinski definition) is 15. The number of nitrogens with one attached hydrogen (secondary N) is 5. The molecule has 1 saturated heterocycles. The van der Waals surface area contributed by atoms with Crippen molar-refractivity contribution in [3.8, 4) is 0 Å². The zero-order valence-electron chi connectivity index (χ0n) is 30.3. The molecule has 2 rings (SSSR count). The summed E-state index contributed by atoms with van der Waals surface area (Å²) in [7, 11) is 0. The first-order valence-electron chi connectivity index (χ1n) is 18.0. The molecule has 2 aliphatic heterocycles. The first-order valence-corrected chi connectivity index (χ1v) is 18.0. The molecule has 0 aliphatic carbocycles. The monoisotopic (exact) mass is 776 g/mol. The number of primary amides is 1. The molecular weight excluding hydrogens is 716 g/mol. The van der Waals surface area contributed by atoms with Crippen molar-refractivity contribution < 1.29 is 53.9 Å². The lowest BCUT2D eigenvalue weighted by molar-refractivity contribution is -0.198. The number of aliphatic hydroxyl groups excluding tert-OH is 3. The molecule has 1 fully saturated rings. The predicted molar refractivity (Wildman–Crippen MR) is 193 cm³/mol. The maximum atomic E-state index is 13.1. The number of carboxylic acids is 1. The number of aliphatic carboxylic acids is 1. The van der Waals surface area contributed by atoms with Gasteiger partial charge >= 0.3 is 12.1 Å². The number of aliphatic imine (C=N–C) groups is 1. The Hall–Kier alpha value is -3.94. The number of aliphatic hydroxyl groups is 3. The third-order valence-electron chi connectivity index (χ3n) is 8.85. The standard InChI is InChI=1S/C31H60N12O11/c32-7-1-4-15(34)10-20(46)38-8-2-5-16(35)11-21(47)39-9-3-6-17(36)12-22(48)40-25-26(49)27(54-30(37)52)19(14-44)53-28(25)43-31-41-23(18(45)13-33)24(42-31)29(50)51/h15-19,23-28,44-45,49H,1-14,32-36H2,(H2,37,52)(H,38,46)(H,39,47)(H,40,48)(H,50,51)(H2,41,42,43)/t15-,16-,17-,18+,19+,23?,24-,25+,26-,27-,28+/m0/s1. The van der Waals surface area contributed by atoms with Crippen LogP contribution < -0.4 is 61.0 Å². The van der Waals surface area contributed by atoms with Crippen LogP contribution in [0.2, 0.25) is 0 Å². The topological polar surface area (TPSA) is 413 Å². The van der Waals surface area contributed by atoms with E-state index in [1.54, 1.807) is 0 Å². The van der Waals surface area contributed by atoms with Gasteiger partial charge in [0.25, 0.3) is 0 Å². The molecule has 23 heteroatoms. The average molecular weight is 777 g/mol. The van der Waals surface area contributed by atoms with Crippen molar-refractivity contribution in [2.24, 2.45) is 39.4 Å². The molecule has 54 heavy (non-hydrogen) atoms. The smallest absolute Gasteiger partial charge is 0.404 e. The van der Waals surface area contributed by atoms with Gasteiger partial charge in [0, 0.05) is 57.0 Å². The molecule has 0 aromatic heterocycles. The lowest BCUT2D eigenvalue weighted by Crippen LogP contribution is -2.69. The Morgan fingerprint density at radius 2 is 1.43 bits per heavy atom. The first kappa shape index (κ1) is 46.2. The second-order valence-electron chi connectivity index (χ2n) is 13.4. The minimum absolute atomic E-state index is 0.0815. The molecule has 0 aromatic rings. The highest BCUT2D eigenvalue weighted by Gasteiger charge is 2.49. The molecule has 21 N–H and O–H groups in total. The number of carbonyl (C=O) groups excluding carboxylic acids is 4. The molecular formula is C31H60N12O11. The van der Waals surface area contributed by atoms with Crippen LogP contribution in [0.5, 0.6) is 0 Å². The highest BCUT2D eigenvalue weighted by atomic mass is 16.6. The van der Waals surface area contributed by atoms with Crippen LogP contribution in [-0.2, 0) is 28.7 Å². The van der Waals surface area contributed by atoms with Crippen LogP contribution in [0.25, 0.3) is 0 Å². The predicted octanol–water partition coefficient (Wildman–Crippen LogP) is -6.61. The number of ether oxygens (including phenoxy) is 2. The van der Waals surface area contributed by atoms with E-state index in [1.807, 2.05) is 0 Å². The highest BCUT2D eigenvalue weighted by molar-refractivity contribution is 5.89. The van der Waals surface area contributed by atoms with Crippen molar-refractivity contribution in [2.75, 3.05) is 32.8 Å². The van der Waals surface area contributed by atoms with Crippen molar-refractivity contribution in [1.29, 1.82) is 0 Å². The normalized spacial score (nSPS) is 25.9. The molecule has 11 atom stereocenters. The van der Waals surface area contributed by atoms with Gasteiger partial charge in [-0.25, -0.2) is 14.6 Å². The summed E-state index contributed by atoms with van der Waals surface area (Å²) < 4.78 is 10.7. The minimum atomic E-state index is -1.69. The molecule has 23 nitrogen and oxygen atoms in total. The maximum Gasteiger partial charge on any atom is 0.404 e. The van der Waals surface area contributed by atoms with Crippen molar-refractivity contribution in [1.82, 2.24) is 26.6 Å². The number of nitrogens with zero attached hydrogens (tertiary/aromatic N) is 1. The van der Waals surface area contributed by atoms with E-state index in [1.165, 1.54) is 0 Å². The van der Waals surface area contributed by atoms with Crippen LogP contribution in [0.15, 0.2) is 4.99 Å². The van der Waals surface area contributed by atoms with Gasteiger partial charge in [-0.05, 0) is 45.1 Å². The summed E-state index contributed by atoms with van der Waals surface area (Å²) in [6, 6.07) is -5.28. The van der Waals surface area contributed by atoms with E-state index < -0.39 is 85.4 Å². The van der Waals surface area contributed by atoms with Crippen molar-refractivity contribution in [3.63, 3.8) is 0 Å². The van der Waals surface area contributed by atoms with Crippen LogP contribution in [0.3, 0.4) is 0 Å². The third-order valence-corrected chi connectivity index (χ3v) is 8.85. The number of carboxylic acid groups (broad SMARTS) is 1. The van der Waals surface area contributed by atoms with Gasteiger partial charge in [0.15, 0.2) is 24.3 Å². The second kappa shape index (κ2) is 23.8. The SMILES string of the molecule is NCCC[C@H](N)CC(=O)NCCC[C@H](N)CC(=O)NCCC[C@H](N)CC(=O)N[C@@H]1[C@H](O)[C@@H](OC(N)=O)[C@@H](CO)O[C@H]1NC1=N[C@H](C(=O)O)C([C@H](O)CN)N1. The summed E-state index contributed by atoms with van der Waals surface area (Å²) in [5, 5.41) is 54.3. The number of nitrogens with two attached hydrogens (primary N) is 6. The van der Waals surface area contributed by atoms with Gasteiger partial charge in [0.1, 0.15) is 18.2 Å². The molecule has 4 amide bonds. The highest BCUT2D eigenvalue weighted by Crippen LogP contribution is 2.24. The van der Waals surface area contributed by atoms with Crippen LogP contribution in [-0.4, -0.2) is 156 Å². The Morgan fingerprint density at radius 1 is 0.889 bits per heavy atom. The zero-order valence-corrected chi connectivity index (χ0v) is 30.3. The summed E-state index contributed by atoms with van der Waals surface area (Å²) in [4.78, 5) is 64.7. The lowest BCUT2D eigenvalue weighted by Gasteiger charge is -2.44. The fourth-order valence-corrected chi connectivity index (χ4v) is 6.01. The summed E-state index contributed by atoms with van der Waals surface area (Å²) in [6.07, 6.45) is -5.15. The molecule has 2 aliphatic rings. The Morgan fingerprint density at radius 3 is 1.91 bits per heavy atom. The molecule has 0 spiro atoms. The Balaban J connectivity index is 1.85. The number of carbonyl (C=O) groups is 5. The van der Waals surface area contributed by atoms with Gasteiger partial charge < -0.3 is 90.9 Å². The summed E-state index contributed by atoms with van der Waals surface area (Å²) in [5.41, 5.74) is 34.2. The largest absolute Gasteiger partial charge is 0.480 e. The van der Waals surface area contributed by atoms with Crippen LogP contribution in [0, 0.1) is 0 Å². The molecule has 0 aromatic carbocycles. The maximum absolute atomic E-state index is 13.1. The molecule has 1 unspecified atom stereocenters. The Kier molecular flexibility index (Phi) is 20.3. The van der Waals surface area contributed by atoms with Crippen LogP contribution >= 0.6 is 0 Å². The van der Waals surface area contributed by atoms with Crippen LogP contribution in [0.4, 0.5) is 4.79 Å². The van der Waals surface area contributed by atoms with E-state index in [9.17, 15) is 44.4 Å². The first-order chi connectivity index (χ1) is 25.6. The van der Waals surface area contributed by atoms with E-state index in [4.69, 9.17) is 43.9 Å². The molecule has 310 valence electrons. The minimum Gasteiger partial charge on any atom is -0.480 e. The van der Waals surface area contributed by atoms with Gasteiger partial charge in [0.2, 0.25) is 17.7 Å². The van der Waals surface area contributed by atoms with E-state index in [0.717, 1.165) is 6.42 Å². The van der Waals surface area contributed by atoms with Gasteiger partial charge in [-0.2, -0.15) is 0 Å². The Bertz CT molecular complexity index is 1250. The zero-order chi connectivity index (χ0) is 40.4. The Labute approximate surface area is 313 Å². The fourth-order valence-electron chi connectivity index (χ4n) is 6.01. The van der Waals surface area contributed by atoms with Crippen molar-refractivity contribution in [3.05, 3.63) is 0 Å². The number of guanidine groups is 1. The molecule has 0 saturated carbocycles. The molecule has 2 heterocycles. The van der Waals surface area contributed by atoms with Crippen molar-refractivity contribution in [2.45, 2.75) is 125 Å². The summed E-state index contributed by atoms with van der Waals surface area (Å²) in [6.45, 7) is 0.173. The third kappa shape index (κ3) is 15.8.